The summed E-state index contributed by atoms with van der Waals surface area (Å²) in [4.78, 5) is 21.9. The lowest BCUT2D eigenvalue weighted by Gasteiger charge is -2.29. The van der Waals surface area contributed by atoms with Gasteiger partial charge in [-0.1, -0.05) is 0 Å². The molecule has 0 radical (unpaired) electrons. The Labute approximate surface area is 115 Å². The lowest BCUT2D eigenvalue weighted by molar-refractivity contribution is -0.179. The summed E-state index contributed by atoms with van der Waals surface area (Å²) in [6.07, 6.45) is -7.48. The van der Waals surface area contributed by atoms with E-state index in [-0.39, 0.29) is 6.29 Å². The van der Waals surface area contributed by atoms with Crippen molar-refractivity contribution in [3.05, 3.63) is 0 Å². The molecule has 0 saturated heterocycles. The van der Waals surface area contributed by atoms with Crippen molar-refractivity contribution in [2.75, 3.05) is 19.8 Å². The van der Waals surface area contributed by atoms with E-state index in [9.17, 15) is 19.8 Å². The van der Waals surface area contributed by atoms with Crippen molar-refractivity contribution in [3.63, 3.8) is 0 Å². The van der Waals surface area contributed by atoms with E-state index in [1.54, 1.807) is 0 Å². The van der Waals surface area contributed by atoms with Crippen LogP contribution in [0, 0.1) is 0 Å². The Bertz CT molecular complexity index is 296. The minimum atomic E-state index is -1.76. The normalized spacial score (nSPS) is 18.7. The maximum Gasteiger partial charge on any atom is 0.303 e. The Morgan fingerprint density at radius 2 is 1.80 bits per heavy atom. The highest BCUT2D eigenvalue weighted by Crippen LogP contribution is 2.12. The third-order valence-electron chi connectivity index (χ3n) is 2.37. The zero-order chi connectivity index (χ0) is 15.7. The Kier molecular flexibility index (Phi) is 9.21. The summed E-state index contributed by atoms with van der Waals surface area (Å²) in [6.45, 7) is -0.843. The second-order valence-corrected chi connectivity index (χ2v) is 4.08. The number of rotatable bonds is 10. The minimum Gasteiger partial charge on any atom is -0.456 e. The van der Waals surface area contributed by atoms with E-state index in [0.717, 1.165) is 6.92 Å². The van der Waals surface area contributed by atoms with Gasteiger partial charge in [0.2, 0.25) is 0 Å². The molecule has 5 N–H and O–H groups in total. The molecule has 0 amide bonds. The third-order valence-corrected chi connectivity index (χ3v) is 2.37. The molecular weight excluding hydrogens is 276 g/mol. The molecule has 0 aromatic carbocycles. The summed E-state index contributed by atoms with van der Waals surface area (Å²) >= 11 is 0. The Hall–Kier alpha value is -1.10. The minimum absolute atomic E-state index is 0.213. The summed E-state index contributed by atoms with van der Waals surface area (Å²) < 4.78 is 9.61. The SMILES string of the molecule is CC(=O)O[C@@H]([C@H](O)[C@H](O)CO)[C@H](C=O)OCC(O)CO. The molecule has 0 bridgehead atoms. The highest BCUT2D eigenvalue weighted by atomic mass is 16.6. The maximum absolute atomic E-state index is 10.9. The van der Waals surface area contributed by atoms with Gasteiger partial charge in [-0.3, -0.25) is 4.79 Å². The van der Waals surface area contributed by atoms with Gasteiger partial charge in [-0.05, 0) is 0 Å². The largest absolute Gasteiger partial charge is 0.456 e. The first-order valence-corrected chi connectivity index (χ1v) is 5.87. The smallest absolute Gasteiger partial charge is 0.303 e. The first kappa shape index (κ1) is 18.9. The standard InChI is InChI=1S/C11H20O9/c1-6(15)20-11(10(18)8(17)3-13)9(4-14)19-5-7(16)2-12/h4,7-13,16-18H,2-3,5H2,1H3/t7?,8-,9+,10-,11-/m1/s1. The molecule has 0 aliphatic heterocycles. The van der Waals surface area contributed by atoms with Crippen molar-refractivity contribution in [2.24, 2.45) is 0 Å². The van der Waals surface area contributed by atoms with Crippen molar-refractivity contribution >= 4 is 12.3 Å². The van der Waals surface area contributed by atoms with Crippen LogP contribution in [0.3, 0.4) is 0 Å². The summed E-state index contributed by atoms with van der Waals surface area (Å²) in [7, 11) is 0. The van der Waals surface area contributed by atoms with Crippen LogP contribution >= 0.6 is 0 Å². The van der Waals surface area contributed by atoms with Crippen LogP contribution in [0.2, 0.25) is 0 Å². The molecule has 1 unspecified atom stereocenters. The van der Waals surface area contributed by atoms with Crippen LogP contribution in [0.4, 0.5) is 0 Å². The van der Waals surface area contributed by atoms with Crippen molar-refractivity contribution in [3.8, 4) is 0 Å². The second-order valence-electron chi connectivity index (χ2n) is 4.08. The molecule has 0 aromatic rings. The molecular formula is C11H20O9. The van der Waals surface area contributed by atoms with Crippen molar-refractivity contribution < 1.29 is 44.6 Å². The monoisotopic (exact) mass is 296 g/mol. The molecule has 0 saturated carbocycles. The number of carbonyl (C=O) groups excluding carboxylic acids is 2. The van der Waals surface area contributed by atoms with Gasteiger partial charge < -0.3 is 39.8 Å². The van der Waals surface area contributed by atoms with Crippen LogP contribution in [0.15, 0.2) is 0 Å². The Morgan fingerprint density at radius 3 is 2.20 bits per heavy atom. The number of ether oxygens (including phenoxy) is 2. The number of aldehydes is 1. The average molecular weight is 296 g/mol. The molecule has 118 valence electrons. The number of hydrogen-bond donors (Lipinski definition) is 5. The van der Waals surface area contributed by atoms with Crippen LogP contribution in [0.1, 0.15) is 6.92 Å². The predicted octanol–water partition coefficient (Wildman–Crippen LogP) is -3.43. The number of hydrogen-bond acceptors (Lipinski definition) is 9. The molecule has 9 nitrogen and oxygen atoms in total. The lowest BCUT2D eigenvalue weighted by atomic mass is 10.0. The van der Waals surface area contributed by atoms with E-state index in [2.05, 4.69) is 0 Å². The predicted molar refractivity (Wildman–Crippen MR) is 63.6 cm³/mol. The van der Waals surface area contributed by atoms with E-state index in [1.807, 2.05) is 0 Å². The summed E-state index contributed by atoms with van der Waals surface area (Å²) in [6, 6.07) is 0. The zero-order valence-electron chi connectivity index (χ0n) is 11.0. The summed E-state index contributed by atoms with van der Waals surface area (Å²) in [5, 5.41) is 45.5. The molecule has 9 heteroatoms. The van der Waals surface area contributed by atoms with Gasteiger partial charge in [-0.25, -0.2) is 0 Å². The summed E-state index contributed by atoms with van der Waals surface area (Å²) in [5.74, 6) is -0.836. The van der Waals surface area contributed by atoms with E-state index >= 15 is 0 Å². The quantitative estimate of drug-likeness (QED) is 0.205. The van der Waals surface area contributed by atoms with Crippen LogP contribution in [0.5, 0.6) is 0 Å². The Balaban J connectivity index is 4.85. The number of aliphatic hydroxyl groups is 5. The van der Waals surface area contributed by atoms with Crippen LogP contribution in [-0.4, -0.2) is 88.1 Å². The van der Waals surface area contributed by atoms with Crippen molar-refractivity contribution in [2.45, 2.75) is 37.4 Å². The topological polar surface area (TPSA) is 154 Å². The van der Waals surface area contributed by atoms with Crippen LogP contribution < -0.4 is 0 Å². The first-order valence-electron chi connectivity index (χ1n) is 5.87. The molecule has 0 spiro atoms. The fraction of sp³-hybridized carbons (Fsp3) is 0.818. The first-order chi connectivity index (χ1) is 9.37. The van der Waals surface area contributed by atoms with Gasteiger partial charge in [0.05, 0.1) is 19.8 Å². The van der Waals surface area contributed by atoms with Crippen molar-refractivity contribution in [1.82, 2.24) is 0 Å². The van der Waals surface area contributed by atoms with E-state index < -0.39 is 56.3 Å². The number of carbonyl (C=O) groups is 2. The number of aliphatic hydroxyl groups excluding tert-OH is 5. The molecule has 0 rings (SSSR count). The molecule has 0 heterocycles. The van der Waals surface area contributed by atoms with Gasteiger partial charge in [0.1, 0.15) is 18.3 Å². The van der Waals surface area contributed by atoms with E-state index in [0.29, 0.717) is 0 Å². The van der Waals surface area contributed by atoms with Gasteiger partial charge >= 0.3 is 5.97 Å². The molecule has 0 aliphatic rings. The van der Waals surface area contributed by atoms with Crippen LogP contribution in [0.25, 0.3) is 0 Å². The molecule has 0 aliphatic carbocycles. The van der Waals surface area contributed by atoms with Crippen molar-refractivity contribution in [1.29, 1.82) is 0 Å². The van der Waals surface area contributed by atoms with E-state index in [1.165, 1.54) is 0 Å². The molecule has 20 heavy (non-hydrogen) atoms. The number of esters is 1. The van der Waals surface area contributed by atoms with E-state index in [4.69, 9.17) is 24.8 Å². The van der Waals surface area contributed by atoms with Gasteiger partial charge in [0.15, 0.2) is 18.5 Å². The summed E-state index contributed by atoms with van der Waals surface area (Å²) in [5.41, 5.74) is 0. The molecule has 0 fully saturated rings. The lowest BCUT2D eigenvalue weighted by Crippen LogP contribution is -2.50. The molecule has 5 atom stereocenters. The highest BCUT2D eigenvalue weighted by Gasteiger charge is 2.36. The average Bonchev–Trinajstić information content (AvgIpc) is 2.44. The third kappa shape index (κ3) is 6.37. The highest BCUT2D eigenvalue weighted by molar-refractivity contribution is 5.67. The van der Waals surface area contributed by atoms with Gasteiger partial charge in [-0.15, -0.1) is 0 Å². The van der Waals surface area contributed by atoms with Gasteiger partial charge in [-0.2, -0.15) is 0 Å². The van der Waals surface area contributed by atoms with Crippen LogP contribution in [-0.2, 0) is 19.1 Å². The fourth-order valence-corrected chi connectivity index (χ4v) is 1.34. The second kappa shape index (κ2) is 9.75. The van der Waals surface area contributed by atoms with Gasteiger partial charge in [0, 0.05) is 6.92 Å². The Morgan fingerprint density at radius 1 is 1.20 bits per heavy atom. The zero-order valence-corrected chi connectivity index (χ0v) is 11.0. The molecule has 0 aromatic heterocycles. The fourth-order valence-electron chi connectivity index (χ4n) is 1.34. The van der Waals surface area contributed by atoms with Gasteiger partial charge in [0.25, 0.3) is 0 Å². The maximum atomic E-state index is 10.9.